The Labute approximate surface area is 188 Å². The molecular weight excluding hydrogens is 410 g/mol. The molecule has 0 spiro atoms. The Balaban J connectivity index is 1.79. The molecule has 1 saturated heterocycles. The second kappa shape index (κ2) is 10.1. The third kappa shape index (κ3) is 5.54. The summed E-state index contributed by atoms with van der Waals surface area (Å²) in [5.41, 5.74) is 5.83. The first-order chi connectivity index (χ1) is 14.8. The number of amidine groups is 1. The second-order valence-corrected chi connectivity index (χ2v) is 8.96. The van der Waals surface area contributed by atoms with Crippen LogP contribution in [0.3, 0.4) is 0 Å². The van der Waals surface area contributed by atoms with Gasteiger partial charge < -0.3 is 10.1 Å². The Morgan fingerprint density at radius 3 is 2.48 bits per heavy atom. The van der Waals surface area contributed by atoms with E-state index < -0.39 is 5.25 Å². The first kappa shape index (κ1) is 23.0. The number of methoxy groups -OCH3 is 1. The van der Waals surface area contributed by atoms with Crippen molar-refractivity contribution >= 4 is 40.1 Å². The zero-order chi connectivity index (χ0) is 22.5. The van der Waals surface area contributed by atoms with Crippen LogP contribution < -0.4 is 5.32 Å². The molecule has 0 aromatic heterocycles. The van der Waals surface area contributed by atoms with E-state index in [0.29, 0.717) is 18.3 Å². The Hall–Kier alpha value is -2.64. The number of anilines is 1. The van der Waals surface area contributed by atoms with E-state index >= 15 is 0 Å². The Bertz CT molecular complexity index is 999. The van der Waals surface area contributed by atoms with E-state index in [1.807, 2.05) is 58.0 Å². The molecule has 31 heavy (non-hydrogen) atoms. The minimum Gasteiger partial charge on any atom is -0.383 e. The predicted molar refractivity (Wildman–Crippen MR) is 127 cm³/mol. The Morgan fingerprint density at radius 2 is 1.84 bits per heavy atom. The molecule has 2 aromatic rings. The predicted octanol–water partition coefficient (Wildman–Crippen LogP) is 4.53. The monoisotopic (exact) mass is 439 g/mol. The van der Waals surface area contributed by atoms with Gasteiger partial charge in [-0.3, -0.25) is 14.5 Å². The number of hydrogen-bond acceptors (Lipinski definition) is 5. The number of rotatable bonds is 7. The van der Waals surface area contributed by atoms with Crippen molar-refractivity contribution in [3.05, 3.63) is 58.7 Å². The first-order valence-corrected chi connectivity index (χ1v) is 11.2. The fraction of sp³-hybridized carbons (Fsp3) is 0.375. The maximum absolute atomic E-state index is 13.1. The van der Waals surface area contributed by atoms with Gasteiger partial charge in [0.15, 0.2) is 5.17 Å². The van der Waals surface area contributed by atoms with E-state index in [2.05, 4.69) is 11.4 Å². The lowest BCUT2D eigenvalue weighted by Crippen LogP contribution is -2.35. The number of nitrogens with one attached hydrogen (secondary N) is 1. The van der Waals surface area contributed by atoms with Gasteiger partial charge in [0.2, 0.25) is 11.8 Å². The summed E-state index contributed by atoms with van der Waals surface area (Å²) in [4.78, 5) is 32.2. The fourth-order valence-corrected chi connectivity index (χ4v) is 4.69. The number of benzene rings is 2. The highest BCUT2D eigenvalue weighted by molar-refractivity contribution is 8.15. The molecule has 2 aromatic carbocycles. The van der Waals surface area contributed by atoms with Crippen LogP contribution in [0.5, 0.6) is 0 Å². The third-order valence-corrected chi connectivity index (χ3v) is 6.40. The van der Waals surface area contributed by atoms with Gasteiger partial charge in [-0.25, -0.2) is 4.99 Å². The van der Waals surface area contributed by atoms with Crippen LogP contribution in [0.1, 0.15) is 28.7 Å². The van der Waals surface area contributed by atoms with Gasteiger partial charge in [0, 0.05) is 19.2 Å². The molecule has 6 nitrogen and oxygen atoms in total. The van der Waals surface area contributed by atoms with Crippen molar-refractivity contribution in [2.24, 2.45) is 4.99 Å². The summed E-state index contributed by atoms with van der Waals surface area (Å²) in [5.74, 6) is -0.287. The summed E-state index contributed by atoms with van der Waals surface area (Å²) in [6.45, 7) is 8.76. The fourth-order valence-electron chi connectivity index (χ4n) is 3.52. The average Bonchev–Trinajstić information content (AvgIpc) is 2.99. The van der Waals surface area contributed by atoms with E-state index in [0.717, 1.165) is 33.6 Å². The smallest absolute Gasteiger partial charge is 0.242 e. The molecule has 7 heteroatoms. The Morgan fingerprint density at radius 1 is 1.13 bits per heavy atom. The van der Waals surface area contributed by atoms with E-state index in [4.69, 9.17) is 9.73 Å². The van der Waals surface area contributed by atoms with Gasteiger partial charge in [0.1, 0.15) is 5.25 Å². The summed E-state index contributed by atoms with van der Waals surface area (Å²) < 4.78 is 5.17. The van der Waals surface area contributed by atoms with Gasteiger partial charge in [0.25, 0.3) is 0 Å². The van der Waals surface area contributed by atoms with E-state index in [1.54, 1.807) is 12.0 Å². The number of carbonyl (C=O) groups excluding carboxylic acids is 2. The van der Waals surface area contributed by atoms with Crippen molar-refractivity contribution in [2.75, 3.05) is 25.6 Å². The molecule has 0 radical (unpaired) electrons. The van der Waals surface area contributed by atoms with Crippen molar-refractivity contribution in [2.45, 2.75) is 39.4 Å². The van der Waals surface area contributed by atoms with Gasteiger partial charge in [-0.2, -0.15) is 0 Å². The van der Waals surface area contributed by atoms with Gasteiger partial charge in [-0.15, -0.1) is 0 Å². The molecule has 1 fully saturated rings. The Kier molecular flexibility index (Phi) is 7.51. The zero-order valence-electron chi connectivity index (χ0n) is 18.7. The van der Waals surface area contributed by atoms with Crippen molar-refractivity contribution in [1.82, 2.24) is 4.90 Å². The normalized spacial score (nSPS) is 17.5. The molecular formula is C24H29N3O3S. The number of thioether (sulfide) groups is 1. The lowest BCUT2D eigenvalue weighted by atomic mass is 10.1. The maximum atomic E-state index is 13.1. The topological polar surface area (TPSA) is 71.0 Å². The van der Waals surface area contributed by atoms with E-state index in [9.17, 15) is 9.59 Å². The number of carbonyl (C=O) groups is 2. The summed E-state index contributed by atoms with van der Waals surface area (Å²) in [6, 6.07) is 11.9. The summed E-state index contributed by atoms with van der Waals surface area (Å²) in [5, 5.41) is 3.08. The van der Waals surface area contributed by atoms with E-state index in [-0.39, 0.29) is 18.2 Å². The van der Waals surface area contributed by atoms with Gasteiger partial charge in [0.05, 0.1) is 18.8 Å². The summed E-state index contributed by atoms with van der Waals surface area (Å²) in [7, 11) is 1.60. The van der Waals surface area contributed by atoms with Crippen LogP contribution in [-0.2, 0) is 14.3 Å². The number of nitrogens with zero attached hydrogens (tertiary/aromatic N) is 2. The number of aliphatic imine (C=N–C) groups is 1. The van der Waals surface area contributed by atoms with Gasteiger partial charge >= 0.3 is 0 Å². The van der Waals surface area contributed by atoms with Crippen LogP contribution in [0, 0.1) is 27.7 Å². The molecule has 2 amide bonds. The molecule has 1 atom stereocenters. The molecule has 1 aliphatic rings. The highest BCUT2D eigenvalue weighted by atomic mass is 32.2. The van der Waals surface area contributed by atoms with Crippen molar-refractivity contribution in [3.63, 3.8) is 0 Å². The molecule has 0 aliphatic carbocycles. The van der Waals surface area contributed by atoms with Crippen LogP contribution in [0.2, 0.25) is 0 Å². The molecule has 0 bridgehead atoms. The number of hydrogen-bond donors (Lipinski definition) is 1. The molecule has 164 valence electrons. The molecule has 1 aliphatic heterocycles. The highest BCUT2D eigenvalue weighted by Crippen LogP contribution is 2.33. The van der Waals surface area contributed by atoms with Crippen LogP contribution in [0.15, 0.2) is 41.4 Å². The third-order valence-electron chi connectivity index (χ3n) is 5.22. The highest BCUT2D eigenvalue weighted by Gasteiger charge is 2.39. The van der Waals surface area contributed by atoms with Crippen molar-refractivity contribution in [1.29, 1.82) is 0 Å². The summed E-state index contributed by atoms with van der Waals surface area (Å²) in [6.07, 6.45) is 0.0899. The molecule has 3 rings (SSSR count). The second-order valence-electron chi connectivity index (χ2n) is 7.79. The first-order valence-electron chi connectivity index (χ1n) is 10.3. The van der Waals surface area contributed by atoms with Crippen LogP contribution in [-0.4, -0.2) is 47.4 Å². The number of para-hydroxylation sites is 1. The van der Waals surface area contributed by atoms with Crippen LogP contribution in [0.25, 0.3) is 0 Å². The number of amides is 2. The van der Waals surface area contributed by atoms with Crippen LogP contribution in [0.4, 0.5) is 11.4 Å². The molecule has 1 N–H and O–H groups in total. The molecule has 1 heterocycles. The standard InChI is InChI=1S/C24H29N3O3S/c1-15-9-10-19(18(4)13-15)25-24-27(11-12-30-5)23(29)20(31-24)14-21(28)26-22-16(2)7-6-8-17(22)3/h6-10,13,20H,11-12,14H2,1-5H3,(H,26,28). The van der Waals surface area contributed by atoms with Crippen molar-refractivity contribution < 1.29 is 14.3 Å². The van der Waals surface area contributed by atoms with E-state index in [1.165, 1.54) is 11.8 Å². The minimum absolute atomic E-state index is 0.0899. The lowest BCUT2D eigenvalue weighted by Gasteiger charge is -2.16. The minimum atomic E-state index is -0.509. The average molecular weight is 440 g/mol. The number of ether oxygens (including phenoxy) is 1. The maximum Gasteiger partial charge on any atom is 0.242 e. The largest absolute Gasteiger partial charge is 0.383 e. The number of aryl methyl sites for hydroxylation is 4. The molecule has 1 unspecified atom stereocenters. The zero-order valence-corrected chi connectivity index (χ0v) is 19.5. The van der Waals surface area contributed by atoms with Gasteiger partial charge in [-0.1, -0.05) is 47.7 Å². The SMILES string of the molecule is COCCN1C(=O)C(CC(=O)Nc2c(C)cccc2C)SC1=Nc1ccc(C)cc1C. The van der Waals surface area contributed by atoms with Crippen molar-refractivity contribution in [3.8, 4) is 0 Å². The lowest BCUT2D eigenvalue weighted by molar-refractivity contribution is -0.128. The summed E-state index contributed by atoms with van der Waals surface area (Å²) >= 11 is 1.34. The van der Waals surface area contributed by atoms with Gasteiger partial charge in [-0.05, 0) is 50.5 Å². The quantitative estimate of drug-likeness (QED) is 0.688. The molecule has 0 saturated carbocycles. The van der Waals surface area contributed by atoms with Crippen LogP contribution >= 0.6 is 11.8 Å².